The van der Waals surface area contributed by atoms with E-state index in [0.29, 0.717) is 12.4 Å². The number of thioether (sulfide) groups is 1. The number of aromatic nitrogens is 4. The number of fused-ring (bicyclic) bond motifs is 1. The summed E-state index contributed by atoms with van der Waals surface area (Å²) < 4.78 is 7.92. The van der Waals surface area contributed by atoms with Gasteiger partial charge in [0.15, 0.2) is 16.4 Å². The van der Waals surface area contributed by atoms with E-state index in [0.717, 1.165) is 50.9 Å². The maximum absolute atomic E-state index is 12.5. The molecule has 1 N–H and O–H groups in total. The molecule has 0 radical (unpaired) electrons. The van der Waals surface area contributed by atoms with E-state index in [9.17, 15) is 4.79 Å². The summed E-state index contributed by atoms with van der Waals surface area (Å²) in [4.78, 5) is 16.0. The van der Waals surface area contributed by atoms with Gasteiger partial charge in [0, 0.05) is 29.9 Å². The summed E-state index contributed by atoms with van der Waals surface area (Å²) >= 11 is 1.54. The fraction of sp³-hybridized carbons (Fsp3) is 0.292. The van der Waals surface area contributed by atoms with Gasteiger partial charge in [-0.15, -0.1) is 10.2 Å². The first kappa shape index (κ1) is 21.2. The van der Waals surface area contributed by atoms with E-state index in [1.807, 2.05) is 48.9 Å². The molecule has 0 fully saturated rings. The number of ether oxygens (including phenoxy) is 1. The van der Waals surface area contributed by atoms with Crippen molar-refractivity contribution in [2.45, 2.75) is 44.7 Å². The number of aromatic amines is 1. The number of H-pyrrole nitrogens is 1. The molecule has 31 heavy (non-hydrogen) atoms. The van der Waals surface area contributed by atoms with Gasteiger partial charge in [-0.3, -0.25) is 4.79 Å². The van der Waals surface area contributed by atoms with Crippen molar-refractivity contribution >= 4 is 22.7 Å². The highest BCUT2D eigenvalue weighted by atomic mass is 32.2. The molecule has 2 aromatic heterocycles. The molecule has 0 aliphatic heterocycles. The normalized spacial score (nSPS) is 11.2. The minimum absolute atomic E-state index is 0.0362. The Morgan fingerprint density at radius 3 is 2.74 bits per heavy atom. The van der Waals surface area contributed by atoms with Crippen LogP contribution in [0.25, 0.3) is 10.9 Å². The molecule has 0 aliphatic carbocycles. The van der Waals surface area contributed by atoms with E-state index in [2.05, 4.69) is 35.1 Å². The molecule has 0 saturated heterocycles. The third-order valence-electron chi connectivity index (χ3n) is 5.58. The summed E-state index contributed by atoms with van der Waals surface area (Å²) in [5.41, 5.74) is 5.25. The van der Waals surface area contributed by atoms with Gasteiger partial charge in [0.1, 0.15) is 12.4 Å². The summed E-state index contributed by atoms with van der Waals surface area (Å²) in [6.07, 6.45) is 0.916. The summed E-state index contributed by atoms with van der Waals surface area (Å²) in [6.45, 7) is 6.55. The molecule has 4 aromatic rings. The third-order valence-corrected chi connectivity index (χ3v) is 6.65. The van der Waals surface area contributed by atoms with Gasteiger partial charge in [-0.05, 0) is 49.1 Å². The molecule has 0 bridgehead atoms. The zero-order valence-electron chi connectivity index (χ0n) is 18.2. The Bertz CT molecular complexity index is 1290. The first-order chi connectivity index (χ1) is 15.0. The Kier molecular flexibility index (Phi) is 6.13. The second kappa shape index (κ2) is 8.98. The standard InChI is InChI=1S/C24H26N4O2S/c1-5-17-8-6-7-9-21(17)30-13-22-26-27-24(28(22)4)31-14-18-12-20(29)19-11-10-15(2)16(3)23(19)25-18/h6-12H,5,13-14H2,1-4H3,(H,25,29). The Morgan fingerprint density at radius 2 is 1.94 bits per heavy atom. The van der Waals surface area contributed by atoms with Crippen molar-refractivity contribution in [3.63, 3.8) is 0 Å². The highest BCUT2D eigenvalue weighted by Crippen LogP contribution is 2.24. The van der Waals surface area contributed by atoms with Crippen molar-refractivity contribution in [1.29, 1.82) is 0 Å². The number of hydrogen-bond donors (Lipinski definition) is 1. The largest absolute Gasteiger partial charge is 0.485 e. The maximum Gasteiger partial charge on any atom is 0.191 e. The number of benzene rings is 2. The van der Waals surface area contributed by atoms with Gasteiger partial charge in [-0.25, -0.2) is 0 Å². The predicted octanol–water partition coefficient (Wildman–Crippen LogP) is 4.71. The number of nitrogens with one attached hydrogen (secondary N) is 1. The Labute approximate surface area is 185 Å². The second-order valence-corrected chi connectivity index (χ2v) is 8.53. The van der Waals surface area contributed by atoms with E-state index in [4.69, 9.17) is 4.74 Å². The van der Waals surface area contributed by atoms with Crippen LogP contribution in [0.5, 0.6) is 5.75 Å². The number of pyridine rings is 1. The van der Waals surface area contributed by atoms with Crippen molar-refractivity contribution in [2.24, 2.45) is 7.05 Å². The molecule has 2 aromatic carbocycles. The topological polar surface area (TPSA) is 72.8 Å². The fourth-order valence-corrected chi connectivity index (χ4v) is 4.35. The summed E-state index contributed by atoms with van der Waals surface area (Å²) in [6, 6.07) is 13.6. The number of hydrogen-bond acceptors (Lipinski definition) is 5. The Hall–Kier alpha value is -3.06. The average molecular weight is 435 g/mol. The van der Waals surface area contributed by atoms with Gasteiger partial charge in [0.2, 0.25) is 0 Å². The van der Waals surface area contributed by atoms with Crippen LogP contribution in [0.4, 0.5) is 0 Å². The van der Waals surface area contributed by atoms with Crippen molar-refractivity contribution in [1.82, 2.24) is 19.7 Å². The highest BCUT2D eigenvalue weighted by molar-refractivity contribution is 7.98. The van der Waals surface area contributed by atoms with Crippen molar-refractivity contribution in [3.05, 3.63) is 80.9 Å². The number of para-hydroxylation sites is 1. The molecule has 7 heteroatoms. The van der Waals surface area contributed by atoms with Crippen LogP contribution in [0.15, 0.2) is 52.4 Å². The van der Waals surface area contributed by atoms with Crippen molar-refractivity contribution in [2.75, 3.05) is 0 Å². The van der Waals surface area contributed by atoms with E-state index in [-0.39, 0.29) is 5.43 Å². The molecule has 0 spiro atoms. The Balaban J connectivity index is 1.48. The van der Waals surface area contributed by atoms with Crippen LogP contribution in [0.3, 0.4) is 0 Å². The SMILES string of the molecule is CCc1ccccc1OCc1nnc(SCc2cc(=O)c3ccc(C)c(C)c3[nH]2)n1C. The molecule has 0 saturated carbocycles. The molecular formula is C24H26N4O2S. The first-order valence-corrected chi connectivity index (χ1v) is 11.3. The molecule has 0 unspecified atom stereocenters. The van der Waals surface area contributed by atoms with Gasteiger partial charge in [0.25, 0.3) is 0 Å². The lowest BCUT2D eigenvalue weighted by atomic mass is 10.0. The van der Waals surface area contributed by atoms with E-state index < -0.39 is 0 Å². The van der Waals surface area contributed by atoms with E-state index in [1.54, 1.807) is 17.8 Å². The van der Waals surface area contributed by atoms with E-state index >= 15 is 0 Å². The number of rotatable bonds is 7. The Morgan fingerprint density at radius 1 is 1.13 bits per heavy atom. The van der Waals surface area contributed by atoms with Crippen molar-refractivity contribution in [3.8, 4) is 5.75 Å². The number of aryl methyl sites for hydroxylation is 3. The molecule has 0 amide bonds. The van der Waals surface area contributed by atoms with Crippen LogP contribution < -0.4 is 10.2 Å². The van der Waals surface area contributed by atoms with Crippen molar-refractivity contribution < 1.29 is 4.74 Å². The molecule has 160 valence electrons. The van der Waals surface area contributed by atoms with Gasteiger partial charge in [0.05, 0.1) is 5.52 Å². The molecule has 0 aliphatic rings. The summed E-state index contributed by atoms with van der Waals surface area (Å²) in [5.74, 6) is 2.23. The smallest absolute Gasteiger partial charge is 0.191 e. The third kappa shape index (κ3) is 4.37. The lowest BCUT2D eigenvalue weighted by Crippen LogP contribution is -2.07. The second-order valence-electron chi connectivity index (χ2n) is 7.59. The molecule has 2 heterocycles. The molecule has 0 atom stereocenters. The monoisotopic (exact) mass is 434 g/mol. The van der Waals surface area contributed by atoms with Crippen LogP contribution in [-0.2, 0) is 25.8 Å². The molecule has 6 nitrogen and oxygen atoms in total. The quantitative estimate of drug-likeness (QED) is 0.427. The van der Waals surface area contributed by atoms with Crippen LogP contribution in [0.1, 0.15) is 35.1 Å². The summed E-state index contributed by atoms with van der Waals surface area (Å²) in [5, 5.41) is 10.1. The maximum atomic E-state index is 12.5. The van der Waals surface area contributed by atoms with Gasteiger partial charge < -0.3 is 14.3 Å². The van der Waals surface area contributed by atoms with Crippen LogP contribution in [0.2, 0.25) is 0 Å². The molecule has 4 rings (SSSR count). The lowest BCUT2D eigenvalue weighted by Gasteiger charge is -2.10. The minimum Gasteiger partial charge on any atom is -0.485 e. The van der Waals surface area contributed by atoms with Crippen LogP contribution in [-0.4, -0.2) is 19.7 Å². The first-order valence-electron chi connectivity index (χ1n) is 10.3. The highest BCUT2D eigenvalue weighted by Gasteiger charge is 2.12. The van der Waals surface area contributed by atoms with Gasteiger partial charge in [-0.2, -0.15) is 0 Å². The average Bonchev–Trinajstić information content (AvgIpc) is 3.13. The number of nitrogens with zero attached hydrogens (tertiary/aromatic N) is 3. The van der Waals surface area contributed by atoms with E-state index in [1.165, 1.54) is 5.56 Å². The summed E-state index contributed by atoms with van der Waals surface area (Å²) in [7, 11) is 1.93. The fourth-order valence-electron chi connectivity index (χ4n) is 3.51. The lowest BCUT2D eigenvalue weighted by molar-refractivity contribution is 0.287. The van der Waals surface area contributed by atoms with Gasteiger partial charge >= 0.3 is 0 Å². The zero-order chi connectivity index (χ0) is 22.0. The van der Waals surface area contributed by atoms with Crippen LogP contribution >= 0.6 is 11.8 Å². The minimum atomic E-state index is 0.0362. The predicted molar refractivity (Wildman–Crippen MR) is 125 cm³/mol. The zero-order valence-corrected chi connectivity index (χ0v) is 19.0. The molecular weight excluding hydrogens is 408 g/mol. The van der Waals surface area contributed by atoms with Crippen LogP contribution in [0, 0.1) is 13.8 Å². The van der Waals surface area contributed by atoms with Gasteiger partial charge in [-0.1, -0.05) is 43.0 Å².